The second-order valence-electron chi connectivity index (χ2n) is 7.34. The first-order valence-electron chi connectivity index (χ1n) is 10.4. The molecule has 1 fully saturated rings. The van der Waals surface area contributed by atoms with Crippen LogP contribution in [0, 0.1) is 0 Å². The van der Waals surface area contributed by atoms with Crippen LogP contribution >= 0.6 is 0 Å². The van der Waals surface area contributed by atoms with Crippen molar-refractivity contribution in [1.29, 1.82) is 0 Å². The number of rotatable bonds is 7. The lowest BCUT2D eigenvalue weighted by atomic mass is 10.2. The zero-order valence-electron chi connectivity index (χ0n) is 17.5. The summed E-state index contributed by atoms with van der Waals surface area (Å²) < 4.78 is 5.08. The third-order valence-electron chi connectivity index (χ3n) is 5.26. The average molecular weight is 436 g/mol. The van der Waals surface area contributed by atoms with Crippen LogP contribution in [0.1, 0.15) is 16.9 Å². The van der Waals surface area contributed by atoms with Crippen LogP contribution in [0.4, 0.5) is 5.82 Å². The van der Waals surface area contributed by atoms with Gasteiger partial charge in [0.2, 0.25) is 0 Å². The van der Waals surface area contributed by atoms with Gasteiger partial charge in [-0.25, -0.2) is 4.98 Å². The van der Waals surface area contributed by atoms with Gasteiger partial charge < -0.3 is 19.9 Å². The fourth-order valence-corrected chi connectivity index (χ4v) is 3.53. The fourth-order valence-electron chi connectivity index (χ4n) is 3.53. The number of anilines is 1. The first kappa shape index (κ1) is 21.3. The number of pyridine rings is 1. The van der Waals surface area contributed by atoms with Crippen LogP contribution in [0.3, 0.4) is 0 Å². The first-order chi connectivity index (χ1) is 15.6. The molecule has 2 N–H and O–H groups in total. The highest BCUT2D eigenvalue weighted by Crippen LogP contribution is 2.15. The number of nitrogens with one attached hydrogen (secondary N) is 2. The van der Waals surface area contributed by atoms with Gasteiger partial charge in [-0.3, -0.25) is 19.5 Å². The van der Waals surface area contributed by atoms with Crippen molar-refractivity contribution >= 4 is 34.5 Å². The molecule has 1 aromatic carbocycles. The smallest absolute Gasteiger partial charge is 0.308 e. The molecular formula is C22H24N6O4. The van der Waals surface area contributed by atoms with Crippen LogP contribution < -0.4 is 10.2 Å². The van der Waals surface area contributed by atoms with Crippen molar-refractivity contribution in [2.75, 3.05) is 44.2 Å². The standard InChI is InChI=1S/C22H24N6O4/c29-19(28-13-11-27(12-14-28)18-7-3-4-9-23-18)15-32-20(30)8-10-24-22(31)21-16-5-1-2-6-17(16)25-26-21/h1-7,9H,8,10-15H2,(H,24,31)(H,25,26). The molecule has 0 atom stereocenters. The Bertz CT molecular complexity index is 1090. The minimum absolute atomic E-state index is 0.0329. The van der Waals surface area contributed by atoms with Crippen molar-refractivity contribution in [3.05, 3.63) is 54.4 Å². The number of fused-ring (bicyclic) bond motifs is 1. The molecule has 3 heterocycles. The number of carbonyl (C=O) groups excluding carboxylic acids is 3. The molecule has 1 saturated heterocycles. The predicted octanol–water partition coefficient (Wildman–Crippen LogP) is 0.970. The number of benzene rings is 1. The molecule has 2 amide bonds. The maximum absolute atomic E-state index is 12.3. The highest BCUT2D eigenvalue weighted by Gasteiger charge is 2.22. The molecule has 3 aromatic rings. The molecule has 2 aromatic heterocycles. The lowest BCUT2D eigenvalue weighted by molar-refractivity contribution is -0.152. The molecule has 166 valence electrons. The van der Waals surface area contributed by atoms with Crippen molar-refractivity contribution in [2.45, 2.75) is 6.42 Å². The molecule has 4 rings (SSSR count). The third-order valence-corrected chi connectivity index (χ3v) is 5.26. The maximum Gasteiger partial charge on any atom is 0.308 e. The predicted molar refractivity (Wildman–Crippen MR) is 117 cm³/mol. The van der Waals surface area contributed by atoms with Gasteiger partial charge >= 0.3 is 5.97 Å². The van der Waals surface area contributed by atoms with E-state index in [-0.39, 0.29) is 37.1 Å². The van der Waals surface area contributed by atoms with Gasteiger partial charge in [0.05, 0.1) is 11.9 Å². The van der Waals surface area contributed by atoms with E-state index in [2.05, 4.69) is 25.4 Å². The monoisotopic (exact) mass is 436 g/mol. The number of aromatic nitrogens is 3. The van der Waals surface area contributed by atoms with E-state index in [1.165, 1.54) is 0 Å². The number of ether oxygens (including phenoxy) is 1. The molecular weight excluding hydrogens is 412 g/mol. The number of amides is 2. The van der Waals surface area contributed by atoms with E-state index in [4.69, 9.17) is 4.74 Å². The molecule has 1 aliphatic heterocycles. The van der Waals surface area contributed by atoms with E-state index in [9.17, 15) is 14.4 Å². The molecule has 32 heavy (non-hydrogen) atoms. The van der Waals surface area contributed by atoms with Gasteiger partial charge in [0.25, 0.3) is 11.8 Å². The Kier molecular flexibility index (Phi) is 6.59. The van der Waals surface area contributed by atoms with E-state index < -0.39 is 5.97 Å². The van der Waals surface area contributed by atoms with E-state index in [1.807, 2.05) is 36.4 Å². The molecule has 10 nitrogen and oxygen atoms in total. The Balaban J connectivity index is 1.15. The van der Waals surface area contributed by atoms with Crippen LogP contribution in [-0.2, 0) is 14.3 Å². The Morgan fingerprint density at radius 2 is 1.81 bits per heavy atom. The van der Waals surface area contributed by atoms with Crippen molar-refractivity contribution in [3.63, 3.8) is 0 Å². The van der Waals surface area contributed by atoms with Gasteiger partial charge in [0.1, 0.15) is 5.82 Å². The molecule has 0 unspecified atom stereocenters. The number of hydrogen-bond acceptors (Lipinski definition) is 7. The summed E-state index contributed by atoms with van der Waals surface area (Å²) in [6.45, 7) is 2.21. The number of H-pyrrole nitrogens is 1. The summed E-state index contributed by atoms with van der Waals surface area (Å²) in [6.07, 6.45) is 1.71. The van der Waals surface area contributed by atoms with Crippen LogP contribution in [0.25, 0.3) is 10.9 Å². The summed E-state index contributed by atoms with van der Waals surface area (Å²) in [6, 6.07) is 13.0. The molecule has 10 heteroatoms. The van der Waals surface area contributed by atoms with E-state index >= 15 is 0 Å². The van der Waals surface area contributed by atoms with Crippen LogP contribution in [0.2, 0.25) is 0 Å². The van der Waals surface area contributed by atoms with Gasteiger partial charge in [-0.1, -0.05) is 24.3 Å². The Morgan fingerprint density at radius 1 is 1.03 bits per heavy atom. The number of nitrogens with zero attached hydrogens (tertiary/aromatic N) is 4. The molecule has 0 aliphatic carbocycles. The van der Waals surface area contributed by atoms with Crippen molar-refractivity contribution in [2.24, 2.45) is 0 Å². The number of hydrogen-bond donors (Lipinski definition) is 2. The summed E-state index contributed by atoms with van der Waals surface area (Å²) in [4.78, 5) is 44.7. The van der Waals surface area contributed by atoms with Crippen molar-refractivity contribution in [1.82, 2.24) is 25.4 Å². The van der Waals surface area contributed by atoms with E-state index in [0.717, 1.165) is 11.3 Å². The SMILES string of the molecule is O=C(CCNC(=O)c1n[nH]c2ccccc12)OCC(=O)N1CCN(c2ccccn2)CC1. The summed E-state index contributed by atoms with van der Waals surface area (Å²) in [5.74, 6) is -0.267. The number of para-hydroxylation sites is 1. The number of carbonyl (C=O) groups is 3. The highest BCUT2D eigenvalue weighted by atomic mass is 16.5. The Hall–Kier alpha value is -3.95. The minimum atomic E-state index is -0.544. The number of aromatic amines is 1. The largest absolute Gasteiger partial charge is 0.456 e. The molecule has 0 spiro atoms. The first-order valence-corrected chi connectivity index (χ1v) is 10.4. The van der Waals surface area contributed by atoms with Gasteiger partial charge in [0, 0.05) is 44.3 Å². The highest BCUT2D eigenvalue weighted by molar-refractivity contribution is 6.04. The summed E-state index contributed by atoms with van der Waals surface area (Å²) in [7, 11) is 0. The lowest BCUT2D eigenvalue weighted by Crippen LogP contribution is -2.50. The summed E-state index contributed by atoms with van der Waals surface area (Å²) in [5.41, 5.74) is 1.03. The molecule has 0 radical (unpaired) electrons. The summed E-state index contributed by atoms with van der Waals surface area (Å²) in [5, 5.41) is 10.2. The van der Waals surface area contributed by atoms with Gasteiger partial charge in [-0.05, 0) is 18.2 Å². The zero-order chi connectivity index (χ0) is 22.3. The average Bonchev–Trinajstić information content (AvgIpc) is 3.27. The third kappa shape index (κ3) is 5.02. The lowest BCUT2D eigenvalue weighted by Gasteiger charge is -2.35. The van der Waals surface area contributed by atoms with E-state index in [1.54, 1.807) is 17.2 Å². The van der Waals surface area contributed by atoms with Crippen LogP contribution in [-0.4, -0.2) is 77.2 Å². The van der Waals surface area contributed by atoms with Crippen molar-refractivity contribution < 1.29 is 19.1 Å². The second kappa shape index (κ2) is 9.90. The number of esters is 1. The molecule has 1 aliphatic rings. The number of piperazine rings is 1. The van der Waals surface area contributed by atoms with Crippen LogP contribution in [0.15, 0.2) is 48.7 Å². The Labute approximate surface area is 184 Å². The topological polar surface area (TPSA) is 121 Å². The normalized spacial score (nSPS) is 13.8. The molecule has 0 saturated carbocycles. The second-order valence-corrected chi connectivity index (χ2v) is 7.34. The minimum Gasteiger partial charge on any atom is -0.456 e. The zero-order valence-corrected chi connectivity index (χ0v) is 17.5. The van der Waals surface area contributed by atoms with Crippen LogP contribution in [0.5, 0.6) is 0 Å². The molecule has 0 bridgehead atoms. The fraction of sp³-hybridized carbons (Fsp3) is 0.318. The van der Waals surface area contributed by atoms with Gasteiger partial charge in [0.15, 0.2) is 12.3 Å². The quantitative estimate of drug-likeness (QED) is 0.530. The van der Waals surface area contributed by atoms with E-state index in [0.29, 0.717) is 31.6 Å². The van der Waals surface area contributed by atoms with Gasteiger partial charge in [-0.2, -0.15) is 5.10 Å². The van der Waals surface area contributed by atoms with Gasteiger partial charge in [-0.15, -0.1) is 0 Å². The Morgan fingerprint density at radius 3 is 2.59 bits per heavy atom. The van der Waals surface area contributed by atoms with Crippen molar-refractivity contribution in [3.8, 4) is 0 Å². The maximum atomic E-state index is 12.3. The summed E-state index contributed by atoms with van der Waals surface area (Å²) >= 11 is 0.